The fourth-order valence-electron chi connectivity index (χ4n) is 2.28. The largest absolute Gasteiger partial charge is 0.494 e. The van der Waals surface area contributed by atoms with Crippen molar-refractivity contribution < 1.29 is 19.1 Å². The summed E-state index contributed by atoms with van der Waals surface area (Å²) in [6, 6.07) is 5.43. The van der Waals surface area contributed by atoms with Crippen LogP contribution in [-0.2, 0) is 5.41 Å². The van der Waals surface area contributed by atoms with Crippen molar-refractivity contribution in [3.63, 3.8) is 0 Å². The molecule has 0 aliphatic carbocycles. The van der Waals surface area contributed by atoms with Gasteiger partial charge in [-0.25, -0.2) is 4.79 Å². The Labute approximate surface area is 118 Å². The van der Waals surface area contributed by atoms with Gasteiger partial charge in [0.15, 0.2) is 0 Å². The van der Waals surface area contributed by atoms with Gasteiger partial charge in [-0.3, -0.25) is 0 Å². The molecular weight excluding hydrogens is 256 g/mol. The molecule has 20 heavy (non-hydrogen) atoms. The quantitative estimate of drug-likeness (QED) is 0.908. The normalized spacial score (nSPS) is 11.8. The second kappa shape index (κ2) is 5.19. The number of carboxylic acid groups (broad SMARTS) is 1. The first-order valence-electron chi connectivity index (χ1n) is 6.77. The first kappa shape index (κ1) is 14.4. The highest BCUT2D eigenvalue weighted by Crippen LogP contribution is 2.37. The average Bonchev–Trinajstić information content (AvgIpc) is 2.74. The van der Waals surface area contributed by atoms with Gasteiger partial charge in [0.2, 0.25) is 5.76 Å². The summed E-state index contributed by atoms with van der Waals surface area (Å²) in [6.07, 6.45) is 0.927. The maximum Gasteiger partial charge on any atom is 0.372 e. The van der Waals surface area contributed by atoms with Gasteiger partial charge in [0.1, 0.15) is 11.3 Å². The lowest BCUT2D eigenvalue weighted by Gasteiger charge is -2.18. The Morgan fingerprint density at radius 3 is 2.60 bits per heavy atom. The molecule has 0 amide bonds. The average molecular weight is 276 g/mol. The number of carboxylic acids is 1. The second-order valence-electron chi connectivity index (χ2n) is 5.87. The lowest BCUT2D eigenvalue weighted by atomic mass is 9.85. The molecule has 0 bridgehead atoms. The van der Waals surface area contributed by atoms with E-state index in [4.69, 9.17) is 9.15 Å². The van der Waals surface area contributed by atoms with Gasteiger partial charge >= 0.3 is 5.97 Å². The smallest absolute Gasteiger partial charge is 0.372 e. The Morgan fingerprint density at radius 1 is 1.35 bits per heavy atom. The molecule has 1 heterocycles. The fourth-order valence-corrected chi connectivity index (χ4v) is 2.28. The number of rotatable bonds is 4. The van der Waals surface area contributed by atoms with E-state index >= 15 is 0 Å². The van der Waals surface area contributed by atoms with Gasteiger partial charge in [0, 0.05) is 10.9 Å². The molecule has 1 aromatic heterocycles. The molecule has 2 aromatic rings. The number of benzene rings is 1. The van der Waals surface area contributed by atoms with Gasteiger partial charge in [-0.1, -0.05) is 27.7 Å². The van der Waals surface area contributed by atoms with Crippen LogP contribution in [0.4, 0.5) is 0 Å². The van der Waals surface area contributed by atoms with Crippen molar-refractivity contribution in [1.29, 1.82) is 0 Å². The van der Waals surface area contributed by atoms with Crippen molar-refractivity contribution in [2.45, 2.75) is 39.5 Å². The summed E-state index contributed by atoms with van der Waals surface area (Å²) in [5, 5.41) is 10.1. The summed E-state index contributed by atoms with van der Waals surface area (Å²) in [5.74, 6) is -0.287. The molecule has 0 aliphatic rings. The van der Waals surface area contributed by atoms with E-state index in [1.54, 1.807) is 12.1 Å². The van der Waals surface area contributed by atoms with Crippen molar-refractivity contribution in [1.82, 2.24) is 0 Å². The lowest BCUT2D eigenvalue weighted by Crippen LogP contribution is -2.15. The molecule has 0 radical (unpaired) electrons. The first-order valence-corrected chi connectivity index (χ1v) is 6.77. The second-order valence-corrected chi connectivity index (χ2v) is 5.87. The van der Waals surface area contributed by atoms with Crippen LogP contribution in [0.5, 0.6) is 5.75 Å². The number of hydrogen-bond donors (Lipinski definition) is 1. The Kier molecular flexibility index (Phi) is 3.75. The molecule has 0 atom stereocenters. The molecule has 4 heteroatoms. The SMILES string of the molecule is CCCOc1ccc2oc(C(=O)O)c(C(C)(C)C)c2c1. The molecule has 0 unspecified atom stereocenters. The van der Waals surface area contributed by atoms with Gasteiger partial charge in [-0.2, -0.15) is 0 Å². The zero-order chi connectivity index (χ0) is 14.9. The van der Waals surface area contributed by atoms with Gasteiger partial charge < -0.3 is 14.3 Å². The highest BCUT2D eigenvalue weighted by Gasteiger charge is 2.29. The molecule has 1 aromatic carbocycles. The van der Waals surface area contributed by atoms with Crippen LogP contribution in [-0.4, -0.2) is 17.7 Å². The maximum atomic E-state index is 11.4. The molecule has 0 saturated carbocycles. The number of fused-ring (bicyclic) bond motifs is 1. The Bertz CT molecular complexity index is 632. The van der Waals surface area contributed by atoms with Crippen LogP contribution in [0.25, 0.3) is 11.0 Å². The third-order valence-corrected chi connectivity index (χ3v) is 3.08. The zero-order valence-electron chi connectivity index (χ0n) is 12.3. The molecule has 0 saturated heterocycles. The topological polar surface area (TPSA) is 59.7 Å². The van der Waals surface area contributed by atoms with Crippen LogP contribution in [0.3, 0.4) is 0 Å². The van der Waals surface area contributed by atoms with Crippen LogP contribution in [0, 0.1) is 0 Å². The van der Waals surface area contributed by atoms with Crippen molar-refractivity contribution in [3.05, 3.63) is 29.5 Å². The van der Waals surface area contributed by atoms with E-state index < -0.39 is 5.97 Å². The fraction of sp³-hybridized carbons (Fsp3) is 0.438. The van der Waals surface area contributed by atoms with Crippen molar-refractivity contribution >= 4 is 16.9 Å². The van der Waals surface area contributed by atoms with Gasteiger partial charge in [0.25, 0.3) is 0 Å². The minimum Gasteiger partial charge on any atom is -0.494 e. The molecule has 0 fully saturated rings. The van der Waals surface area contributed by atoms with Gasteiger partial charge in [-0.05, 0) is 30.0 Å². The summed E-state index contributed by atoms with van der Waals surface area (Å²) >= 11 is 0. The third-order valence-electron chi connectivity index (χ3n) is 3.08. The van der Waals surface area contributed by atoms with E-state index in [0.717, 1.165) is 17.6 Å². The summed E-state index contributed by atoms with van der Waals surface area (Å²) in [6.45, 7) is 8.61. The predicted octanol–water partition coefficient (Wildman–Crippen LogP) is 4.22. The minimum atomic E-state index is -1.04. The summed E-state index contributed by atoms with van der Waals surface area (Å²) in [7, 11) is 0. The van der Waals surface area contributed by atoms with E-state index in [1.165, 1.54) is 0 Å². The standard InChI is InChI=1S/C16H20O4/c1-5-8-19-10-6-7-12-11(9-10)13(16(2,3)4)14(20-12)15(17)18/h6-7,9H,5,8H2,1-4H3,(H,17,18). The highest BCUT2D eigenvalue weighted by molar-refractivity contribution is 5.96. The summed E-state index contributed by atoms with van der Waals surface area (Å²) in [4.78, 5) is 11.4. The van der Waals surface area contributed by atoms with Crippen LogP contribution in [0.2, 0.25) is 0 Å². The third kappa shape index (κ3) is 2.64. The zero-order valence-corrected chi connectivity index (χ0v) is 12.3. The predicted molar refractivity (Wildman–Crippen MR) is 77.7 cm³/mol. The van der Waals surface area contributed by atoms with E-state index in [-0.39, 0.29) is 11.2 Å². The Balaban J connectivity index is 2.63. The maximum absolute atomic E-state index is 11.4. The van der Waals surface area contributed by atoms with Crippen molar-refractivity contribution in [2.75, 3.05) is 6.61 Å². The first-order chi connectivity index (χ1) is 9.34. The summed E-state index contributed by atoms with van der Waals surface area (Å²) in [5.41, 5.74) is 0.973. The Hall–Kier alpha value is -1.97. The van der Waals surface area contributed by atoms with Crippen LogP contribution in [0.15, 0.2) is 22.6 Å². The van der Waals surface area contributed by atoms with Crippen molar-refractivity contribution in [2.24, 2.45) is 0 Å². The number of aromatic carboxylic acids is 1. The molecule has 108 valence electrons. The number of hydrogen-bond acceptors (Lipinski definition) is 3. The number of ether oxygens (including phenoxy) is 1. The highest BCUT2D eigenvalue weighted by atomic mass is 16.5. The van der Waals surface area contributed by atoms with E-state index in [1.807, 2.05) is 33.8 Å². The van der Waals surface area contributed by atoms with Gasteiger partial charge in [-0.15, -0.1) is 0 Å². The minimum absolute atomic E-state index is 0.0140. The van der Waals surface area contributed by atoms with E-state index in [2.05, 4.69) is 0 Å². The van der Waals surface area contributed by atoms with E-state index in [0.29, 0.717) is 17.8 Å². The number of furan rings is 1. The van der Waals surface area contributed by atoms with Crippen LogP contribution < -0.4 is 4.74 Å². The molecular formula is C16H20O4. The molecule has 1 N–H and O–H groups in total. The van der Waals surface area contributed by atoms with Crippen LogP contribution >= 0.6 is 0 Å². The lowest BCUT2D eigenvalue weighted by molar-refractivity contribution is 0.0661. The van der Waals surface area contributed by atoms with Crippen molar-refractivity contribution in [3.8, 4) is 5.75 Å². The summed E-state index contributed by atoms with van der Waals surface area (Å²) < 4.78 is 11.1. The Morgan fingerprint density at radius 2 is 2.05 bits per heavy atom. The molecule has 0 spiro atoms. The number of carbonyl (C=O) groups is 1. The van der Waals surface area contributed by atoms with Crippen LogP contribution in [0.1, 0.15) is 50.2 Å². The monoisotopic (exact) mass is 276 g/mol. The molecule has 0 aliphatic heterocycles. The van der Waals surface area contributed by atoms with Gasteiger partial charge in [0.05, 0.1) is 6.61 Å². The van der Waals surface area contributed by atoms with E-state index in [9.17, 15) is 9.90 Å². The molecule has 2 rings (SSSR count). The molecule has 4 nitrogen and oxygen atoms in total.